The van der Waals surface area contributed by atoms with Gasteiger partial charge in [0.05, 0.1) is 5.69 Å². The number of anilines is 1. The Morgan fingerprint density at radius 3 is 2.71 bits per heavy atom. The van der Waals surface area contributed by atoms with E-state index in [1.807, 2.05) is 0 Å². The predicted molar refractivity (Wildman–Crippen MR) is 82.7 cm³/mol. The summed E-state index contributed by atoms with van der Waals surface area (Å²) in [7, 11) is -3.45. The zero-order valence-corrected chi connectivity index (χ0v) is 13.3. The lowest BCUT2D eigenvalue weighted by molar-refractivity contribution is 0.389. The molecular formula is C15H23N3O2S. The second-order valence-corrected chi connectivity index (χ2v) is 7.91. The lowest BCUT2D eigenvalue weighted by Crippen LogP contribution is -2.35. The highest BCUT2D eigenvalue weighted by atomic mass is 32.2. The van der Waals surface area contributed by atoms with Crippen LogP contribution in [0.3, 0.4) is 0 Å². The molecule has 1 aromatic rings. The normalized spacial score (nSPS) is 19.0. The molecule has 0 aliphatic heterocycles. The largest absolute Gasteiger partial charge is 0.384 e. The quantitative estimate of drug-likeness (QED) is 0.801. The third-order valence-electron chi connectivity index (χ3n) is 4.03. The Bertz CT molecular complexity index is 595. The zero-order chi connectivity index (χ0) is 14.9. The Morgan fingerprint density at radius 2 is 2.10 bits per heavy atom. The predicted octanol–water partition coefficient (Wildman–Crippen LogP) is 2.47. The maximum atomic E-state index is 13.0. The lowest BCUT2D eigenvalue weighted by atomic mass is 10.4. The van der Waals surface area contributed by atoms with Crippen LogP contribution in [-0.2, 0) is 10.0 Å². The van der Waals surface area contributed by atoms with Crippen molar-refractivity contribution in [1.82, 2.24) is 9.29 Å². The van der Waals surface area contributed by atoms with E-state index in [9.17, 15) is 8.42 Å². The Labute approximate surface area is 126 Å². The van der Waals surface area contributed by atoms with Crippen LogP contribution >= 0.6 is 0 Å². The monoisotopic (exact) mass is 309 g/mol. The fourth-order valence-electron chi connectivity index (χ4n) is 2.48. The average Bonchev–Trinajstić information content (AvgIpc) is 3.36. The van der Waals surface area contributed by atoms with Gasteiger partial charge in [0.1, 0.15) is 4.90 Å². The molecule has 21 heavy (non-hydrogen) atoms. The van der Waals surface area contributed by atoms with Gasteiger partial charge < -0.3 is 5.32 Å². The van der Waals surface area contributed by atoms with Crippen molar-refractivity contribution in [3.8, 4) is 0 Å². The topological polar surface area (TPSA) is 62.3 Å². The third-order valence-corrected chi connectivity index (χ3v) is 5.97. The molecule has 5 nitrogen and oxygen atoms in total. The van der Waals surface area contributed by atoms with Crippen molar-refractivity contribution in [2.75, 3.05) is 18.4 Å². The first-order valence-corrected chi connectivity index (χ1v) is 9.26. The van der Waals surface area contributed by atoms with Crippen LogP contribution in [0.15, 0.2) is 23.4 Å². The fourth-order valence-corrected chi connectivity index (χ4v) is 4.35. The van der Waals surface area contributed by atoms with Gasteiger partial charge in [0, 0.05) is 31.5 Å². The number of nitrogens with zero attached hydrogens (tertiary/aromatic N) is 2. The van der Waals surface area contributed by atoms with Gasteiger partial charge in [-0.2, -0.15) is 4.31 Å². The number of nitrogens with one attached hydrogen (secondary N) is 1. The van der Waals surface area contributed by atoms with Crippen molar-refractivity contribution in [3.05, 3.63) is 18.5 Å². The molecule has 0 saturated heterocycles. The molecule has 3 rings (SSSR count). The first kappa shape index (κ1) is 14.8. The average molecular weight is 309 g/mol. The van der Waals surface area contributed by atoms with E-state index in [1.165, 1.54) is 6.20 Å². The van der Waals surface area contributed by atoms with Crippen LogP contribution in [0.4, 0.5) is 5.69 Å². The van der Waals surface area contributed by atoms with E-state index < -0.39 is 10.0 Å². The number of pyridine rings is 1. The molecule has 0 aromatic carbocycles. The van der Waals surface area contributed by atoms with Crippen LogP contribution < -0.4 is 5.32 Å². The van der Waals surface area contributed by atoms with Gasteiger partial charge in [0.25, 0.3) is 0 Å². The molecular weight excluding hydrogens is 286 g/mol. The summed E-state index contributed by atoms with van der Waals surface area (Å²) in [5.41, 5.74) is 0.674. The summed E-state index contributed by atoms with van der Waals surface area (Å²) in [4.78, 5) is 4.36. The molecule has 0 unspecified atom stereocenters. The molecule has 0 radical (unpaired) electrons. The van der Waals surface area contributed by atoms with Gasteiger partial charge >= 0.3 is 0 Å². The third kappa shape index (κ3) is 3.37. The molecule has 2 aliphatic rings. The Morgan fingerprint density at radius 1 is 1.33 bits per heavy atom. The second-order valence-electron chi connectivity index (χ2n) is 6.05. The van der Waals surface area contributed by atoms with Crippen molar-refractivity contribution < 1.29 is 8.42 Å². The molecule has 0 spiro atoms. The molecule has 2 fully saturated rings. The van der Waals surface area contributed by atoms with Crippen molar-refractivity contribution in [2.24, 2.45) is 5.92 Å². The van der Waals surface area contributed by atoms with Crippen molar-refractivity contribution in [1.29, 1.82) is 0 Å². The van der Waals surface area contributed by atoms with Gasteiger partial charge in [-0.15, -0.1) is 0 Å². The van der Waals surface area contributed by atoms with Crippen LogP contribution in [0.2, 0.25) is 0 Å². The lowest BCUT2D eigenvalue weighted by Gasteiger charge is -2.23. The van der Waals surface area contributed by atoms with Crippen LogP contribution in [0, 0.1) is 5.92 Å². The number of hydrogen-bond acceptors (Lipinski definition) is 4. The number of aromatic nitrogens is 1. The van der Waals surface area contributed by atoms with Crippen LogP contribution in [0.25, 0.3) is 0 Å². The van der Waals surface area contributed by atoms with Crippen LogP contribution in [-0.4, -0.2) is 36.8 Å². The van der Waals surface area contributed by atoms with Gasteiger partial charge in [0.2, 0.25) is 10.0 Å². The van der Waals surface area contributed by atoms with E-state index in [0.717, 1.165) is 38.6 Å². The molecule has 0 bridgehead atoms. The fraction of sp³-hybridized carbons (Fsp3) is 0.667. The van der Waals surface area contributed by atoms with Crippen molar-refractivity contribution in [3.63, 3.8) is 0 Å². The minimum Gasteiger partial charge on any atom is -0.384 e. The summed E-state index contributed by atoms with van der Waals surface area (Å²) >= 11 is 0. The van der Waals surface area contributed by atoms with Gasteiger partial charge in [-0.25, -0.2) is 8.42 Å². The van der Waals surface area contributed by atoms with Gasteiger partial charge in [-0.3, -0.25) is 4.98 Å². The summed E-state index contributed by atoms with van der Waals surface area (Å²) < 4.78 is 27.7. The molecule has 6 heteroatoms. The molecule has 116 valence electrons. The first-order valence-electron chi connectivity index (χ1n) is 7.82. The molecule has 1 aromatic heterocycles. The molecule has 0 amide bonds. The minimum atomic E-state index is -3.45. The van der Waals surface area contributed by atoms with E-state index in [2.05, 4.69) is 17.2 Å². The van der Waals surface area contributed by atoms with Crippen LogP contribution in [0.1, 0.15) is 39.0 Å². The molecule has 1 heterocycles. The summed E-state index contributed by atoms with van der Waals surface area (Å²) in [5.74, 6) is 0.559. The highest BCUT2D eigenvalue weighted by Crippen LogP contribution is 2.39. The molecule has 1 N–H and O–H groups in total. The van der Waals surface area contributed by atoms with E-state index in [0.29, 0.717) is 23.0 Å². The standard InChI is InChI=1S/C15H23N3O2S/c1-2-8-17-14-7-9-16-10-15(14)21(19,20)18(13-5-6-13)11-12-3-4-12/h7,9-10,12-13H,2-6,8,11H2,1H3,(H,16,17). The minimum absolute atomic E-state index is 0.204. The van der Waals surface area contributed by atoms with Crippen LogP contribution in [0.5, 0.6) is 0 Å². The SMILES string of the molecule is CCCNc1ccncc1S(=O)(=O)N(CC1CC1)C1CC1. The second kappa shape index (κ2) is 5.93. The summed E-state index contributed by atoms with van der Waals surface area (Å²) in [6, 6.07) is 1.96. The maximum Gasteiger partial charge on any atom is 0.246 e. The molecule has 2 aliphatic carbocycles. The van der Waals surface area contributed by atoms with Crippen molar-refractivity contribution in [2.45, 2.75) is 50.0 Å². The first-order chi connectivity index (χ1) is 10.1. The Kier molecular flexibility index (Phi) is 4.17. The van der Waals surface area contributed by atoms with E-state index in [-0.39, 0.29) is 6.04 Å². The maximum absolute atomic E-state index is 13.0. The van der Waals surface area contributed by atoms with E-state index in [1.54, 1.807) is 16.6 Å². The highest BCUT2D eigenvalue weighted by Gasteiger charge is 2.41. The number of sulfonamides is 1. The zero-order valence-electron chi connectivity index (χ0n) is 12.5. The van der Waals surface area contributed by atoms with Crippen molar-refractivity contribution >= 4 is 15.7 Å². The Balaban J connectivity index is 1.88. The summed E-state index contributed by atoms with van der Waals surface area (Å²) in [6.45, 7) is 3.50. The van der Waals surface area contributed by atoms with Gasteiger partial charge in [-0.1, -0.05) is 6.92 Å². The molecule has 2 saturated carbocycles. The Hall–Kier alpha value is -1.14. The number of hydrogen-bond donors (Lipinski definition) is 1. The van der Waals surface area contributed by atoms with E-state index in [4.69, 9.17) is 0 Å². The van der Waals surface area contributed by atoms with E-state index >= 15 is 0 Å². The summed E-state index contributed by atoms with van der Waals surface area (Å²) in [6.07, 6.45) is 8.37. The number of rotatable bonds is 8. The highest BCUT2D eigenvalue weighted by molar-refractivity contribution is 7.89. The summed E-state index contributed by atoms with van der Waals surface area (Å²) in [5, 5.41) is 3.21. The molecule has 0 atom stereocenters. The smallest absolute Gasteiger partial charge is 0.246 e. The van der Waals surface area contributed by atoms with Gasteiger partial charge in [0.15, 0.2) is 0 Å². The van der Waals surface area contributed by atoms with Gasteiger partial charge in [-0.05, 0) is 44.1 Å².